The Hall–Kier alpha value is -2.08. The van der Waals surface area contributed by atoms with Gasteiger partial charge in [0.15, 0.2) is 18.2 Å². The summed E-state index contributed by atoms with van der Waals surface area (Å²) in [5.74, 6) is -1.81. The third-order valence-corrected chi connectivity index (χ3v) is 7.33. The van der Waals surface area contributed by atoms with Crippen LogP contribution in [0.15, 0.2) is 40.9 Å². The quantitative estimate of drug-likeness (QED) is 0.455. The standard InChI is InChI=1S/C24H29BrF2N2O5S/c1-16-13-29(17(2)12-28(16)14-18-5-7-21(26)22(27)10-18)24(30)15-34-23-8-6-20(25)11-19(23)4-3-9-35(31,32)33/h5-8,10-11,16-17H,3-4,9,12-15H2,1-2H3,(H,31,32,33)/t16-,17+/m0/s1. The molecule has 2 aromatic rings. The molecule has 192 valence electrons. The highest BCUT2D eigenvalue weighted by Crippen LogP contribution is 2.25. The number of nitrogens with zero attached hydrogens (tertiary/aromatic N) is 2. The van der Waals surface area contributed by atoms with Gasteiger partial charge in [-0.3, -0.25) is 14.2 Å². The lowest BCUT2D eigenvalue weighted by Crippen LogP contribution is -2.58. The summed E-state index contributed by atoms with van der Waals surface area (Å²) in [6.45, 7) is 5.23. The van der Waals surface area contributed by atoms with E-state index in [1.807, 2.05) is 13.8 Å². The number of halogens is 3. The summed E-state index contributed by atoms with van der Waals surface area (Å²) in [6, 6.07) is 9.07. The smallest absolute Gasteiger partial charge is 0.264 e. The van der Waals surface area contributed by atoms with Gasteiger partial charge in [-0.25, -0.2) is 8.78 Å². The van der Waals surface area contributed by atoms with E-state index in [9.17, 15) is 22.0 Å². The molecule has 1 aliphatic rings. The van der Waals surface area contributed by atoms with E-state index >= 15 is 0 Å². The molecule has 11 heteroatoms. The molecule has 0 saturated carbocycles. The molecule has 1 fully saturated rings. The number of amides is 1. The summed E-state index contributed by atoms with van der Waals surface area (Å²) in [6.07, 6.45) is 0.576. The molecule has 0 unspecified atom stereocenters. The third-order valence-electron chi connectivity index (χ3n) is 6.03. The first-order valence-corrected chi connectivity index (χ1v) is 13.7. The van der Waals surface area contributed by atoms with Crippen LogP contribution in [0, 0.1) is 11.6 Å². The van der Waals surface area contributed by atoms with Crippen LogP contribution in [0.4, 0.5) is 8.78 Å². The highest BCUT2D eigenvalue weighted by molar-refractivity contribution is 9.10. The molecule has 1 heterocycles. The van der Waals surface area contributed by atoms with Gasteiger partial charge in [0.05, 0.1) is 5.75 Å². The van der Waals surface area contributed by atoms with Crippen LogP contribution < -0.4 is 4.74 Å². The summed E-state index contributed by atoms with van der Waals surface area (Å²) in [5, 5.41) is 0. The van der Waals surface area contributed by atoms with E-state index in [2.05, 4.69) is 20.8 Å². The number of aryl methyl sites for hydroxylation is 1. The van der Waals surface area contributed by atoms with E-state index in [1.165, 1.54) is 6.07 Å². The first-order chi connectivity index (χ1) is 16.4. The van der Waals surface area contributed by atoms with Gasteiger partial charge >= 0.3 is 0 Å². The molecule has 2 aromatic carbocycles. The Kier molecular flexibility index (Phi) is 9.25. The largest absolute Gasteiger partial charge is 0.483 e. The number of hydrogen-bond donors (Lipinski definition) is 1. The Morgan fingerprint density at radius 2 is 1.86 bits per heavy atom. The van der Waals surface area contributed by atoms with E-state index in [0.29, 0.717) is 37.4 Å². The summed E-state index contributed by atoms with van der Waals surface area (Å²) >= 11 is 3.38. The number of ether oxygens (including phenoxy) is 1. The Morgan fingerprint density at radius 1 is 1.11 bits per heavy atom. The first-order valence-electron chi connectivity index (χ1n) is 11.3. The van der Waals surface area contributed by atoms with Crippen LogP contribution >= 0.6 is 15.9 Å². The molecular formula is C24H29BrF2N2O5S. The Morgan fingerprint density at radius 3 is 2.54 bits per heavy atom. The van der Waals surface area contributed by atoms with Crippen molar-refractivity contribution in [3.63, 3.8) is 0 Å². The molecule has 3 rings (SSSR count). The molecule has 7 nitrogen and oxygen atoms in total. The molecule has 35 heavy (non-hydrogen) atoms. The third kappa shape index (κ3) is 7.96. The highest BCUT2D eigenvalue weighted by Gasteiger charge is 2.32. The normalized spacial score (nSPS) is 19.1. The zero-order valence-corrected chi connectivity index (χ0v) is 22.0. The SMILES string of the molecule is C[C@@H]1CN(Cc2ccc(F)c(F)c2)[C@@H](C)CN1C(=O)COc1ccc(Br)cc1CCCS(=O)(=O)O. The molecule has 0 radical (unpaired) electrons. The van der Waals surface area contributed by atoms with Gasteiger partial charge in [-0.1, -0.05) is 22.0 Å². The fourth-order valence-electron chi connectivity index (χ4n) is 4.19. The second-order valence-corrected chi connectivity index (χ2v) is 11.3. The predicted molar refractivity (Wildman–Crippen MR) is 132 cm³/mol. The van der Waals surface area contributed by atoms with E-state index in [4.69, 9.17) is 9.29 Å². The van der Waals surface area contributed by atoms with Gasteiger partial charge in [0.2, 0.25) is 0 Å². The first kappa shape index (κ1) is 27.5. The van der Waals surface area contributed by atoms with Gasteiger partial charge in [-0.05, 0) is 68.1 Å². The second kappa shape index (κ2) is 11.8. The summed E-state index contributed by atoms with van der Waals surface area (Å²) in [5.41, 5.74) is 1.40. The van der Waals surface area contributed by atoms with Crippen molar-refractivity contribution in [1.82, 2.24) is 9.80 Å². The fraction of sp³-hybridized carbons (Fsp3) is 0.458. The molecule has 0 aliphatic carbocycles. The van der Waals surface area contributed by atoms with Gasteiger partial charge in [0.25, 0.3) is 16.0 Å². The number of carbonyl (C=O) groups excluding carboxylic acids is 1. The number of hydrogen-bond acceptors (Lipinski definition) is 5. The van der Waals surface area contributed by atoms with Crippen molar-refractivity contribution in [2.24, 2.45) is 0 Å². The minimum Gasteiger partial charge on any atom is -0.483 e. The Labute approximate surface area is 212 Å². The molecule has 2 atom stereocenters. The van der Waals surface area contributed by atoms with Crippen LogP contribution in [0.5, 0.6) is 5.75 Å². The number of carbonyl (C=O) groups is 1. The molecule has 1 N–H and O–H groups in total. The van der Waals surface area contributed by atoms with Crippen molar-refractivity contribution in [3.05, 3.63) is 63.6 Å². The Bertz CT molecular complexity index is 1160. The van der Waals surface area contributed by atoms with Gasteiger partial charge < -0.3 is 9.64 Å². The maximum Gasteiger partial charge on any atom is 0.264 e. The lowest BCUT2D eigenvalue weighted by atomic mass is 10.1. The van der Waals surface area contributed by atoms with Gasteiger partial charge in [-0.15, -0.1) is 0 Å². The lowest BCUT2D eigenvalue weighted by molar-refractivity contribution is -0.139. The highest BCUT2D eigenvalue weighted by atomic mass is 79.9. The fourth-order valence-corrected chi connectivity index (χ4v) is 5.11. The average molecular weight is 575 g/mol. The number of piperazine rings is 1. The van der Waals surface area contributed by atoms with Gasteiger partial charge in [0, 0.05) is 36.2 Å². The van der Waals surface area contributed by atoms with Crippen LogP contribution in [-0.2, 0) is 27.9 Å². The van der Waals surface area contributed by atoms with Crippen molar-refractivity contribution in [1.29, 1.82) is 0 Å². The molecule has 1 saturated heterocycles. The van der Waals surface area contributed by atoms with Crippen LogP contribution in [0.1, 0.15) is 31.4 Å². The molecule has 0 spiro atoms. The minimum atomic E-state index is -4.05. The van der Waals surface area contributed by atoms with Crippen LogP contribution in [-0.4, -0.2) is 66.2 Å². The molecular weight excluding hydrogens is 546 g/mol. The van der Waals surface area contributed by atoms with E-state index in [0.717, 1.165) is 16.1 Å². The zero-order chi connectivity index (χ0) is 25.8. The van der Waals surface area contributed by atoms with Crippen molar-refractivity contribution < 1.29 is 31.3 Å². The topological polar surface area (TPSA) is 87.2 Å². The van der Waals surface area contributed by atoms with E-state index in [1.54, 1.807) is 29.2 Å². The summed E-state index contributed by atoms with van der Waals surface area (Å²) < 4.78 is 64.4. The molecule has 1 aliphatic heterocycles. The number of benzene rings is 2. The van der Waals surface area contributed by atoms with Crippen molar-refractivity contribution in [3.8, 4) is 5.75 Å². The maximum absolute atomic E-state index is 13.6. The van der Waals surface area contributed by atoms with Crippen molar-refractivity contribution >= 4 is 32.0 Å². The van der Waals surface area contributed by atoms with Crippen molar-refractivity contribution in [2.75, 3.05) is 25.4 Å². The van der Waals surface area contributed by atoms with Gasteiger partial charge in [-0.2, -0.15) is 8.42 Å². The number of rotatable bonds is 9. The monoisotopic (exact) mass is 574 g/mol. The summed E-state index contributed by atoms with van der Waals surface area (Å²) in [4.78, 5) is 16.9. The molecule has 1 amide bonds. The predicted octanol–water partition coefficient (Wildman–Crippen LogP) is 4.05. The van der Waals surface area contributed by atoms with Crippen LogP contribution in [0.2, 0.25) is 0 Å². The lowest BCUT2D eigenvalue weighted by Gasteiger charge is -2.44. The average Bonchev–Trinajstić information content (AvgIpc) is 2.77. The maximum atomic E-state index is 13.6. The van der Waals surface area contributed by atoms with Crippen LogP contribution in [0.25, 0.3) is 0 Å². The van der Waals surface area contributed by atoms with E-state index < -0.39 is 21.8 Å². The summed E-state index contributed by atoms with van der Waals surface area (Å²) in [7, 11) is -4.05. The molecule has 0 bridgehead atoms. The molecule has 0 aromatic heterocycles. The second-order valence-electron chi connectivity index (χ2n) is 8.85. The van der Waals surface area contributed by atoms with Crippen molar-refractivity contribution in [2.45, 2.75) is 45.3 Å². The Balaban J connectivity index is 1.58. The van der Waals surface area contributed by atoms with E-state index in [-0.39, 0.29) is 36.8 Å². The van der Waals surface area contributed by atoms with Crippen LogP contribution in [0.3, 0.4) is 0 Å². The van der Waals surface area contributed by atoms with Gasteiger partial charge in [0.1, 0.15) is 5.75 Å². The minimum absolute atomic E-state index is 0.00642. The zero-order valence-electron chi connectivity index (χ0n) is 19.6.